The molecular weight excluding hydrogens is 280 g/mol. The van der Waals surface area contributed by atoms with Gasteiger partial charge in [0, 0.05) is 19.6 Å². The van der Waals surface area contributed by atoms with Crippen LogP contribution in [-0.4, -0.2) is 58.2 Å². The minimum Gasteiger partial charge on any atom is -0.354 e. The standard InChI is InChI=1S/C15H22N6O/c1-20(2)11-9-16-15(22)12-14-17-18-19-21(14)10-8-13-6-4-3-5-7-13/h3-7H,8-12H2,1-2H3,(H,16,22). The summed E-state index contributed by atoms with van der Waals surface area (Å²) in [4.78, 5) is 13.9. The molecule has 7 heteroatoms. The molecule has 1 aromatic heterocycles. The summed E-state index contributed by atoms with van der Waals surface area (Å²) in [6.45, 7) is 2.10. The summed E-state index contributed by atoms with van der Waals surface area (Å²) in [6.07, 6.45) is 1.04. The number of benzene rings is 1. The summed E-state index contributed by atoms with van der Waals surface area (Å²) < 4.78 is 1.69. The van der Waals surface area contributed by atoms with Crippen LogP contribution in [0.15, 0.2) is 30.3 Å². The fourth-order valence-electron chi connectivity index (χ4n) is 2.03. The molecule has 2 aromatic rings. The molecule has 7 nitrogen and oxygen atoms in total. The zero-order chi connectivity index (χ0) is 15.8. The lowest BCUT2D eigenvalue weighted by atomic mass is 10.1. The zero-order valence-electron chi connectivity index (χ0n) is 13.1. The fraction of sp³-hybridized carbons (Fsp3) is 0.467. The minimum absolute atomic E-state index is 0.0578. The van der Waals surface area contributed by atoms with Crippen LogP contribution in [0.3, 0.4) is 0 Å². The van der Waals surface area contributed by atoms with E-state index in [1.807, 2.05) is 37.2 Å². The second-order valence-corrected chi connectivity index (χ2v) is 5.38. The van der Waals surface area contributed by atoms with Crippen molar-refractivity contribution in [3.05, 3.63) is 41.7 Å². The van der Waals surface area contributed by atoms with E-state index in [0.717, 1.165) is 13.0 Å². The van der Waals surface area contributed by atoms with E-state index in [9.17, 15) is 4.79 Å². The van der Waals surface area contributed by atoms with Gasteiger partial charge in [0.25, 0.3) is 0 Å². The Balaban J connectivity index is 1.83. The first-order chi connectivity index (χ1) is 10.6. The second kappa shape index (κ2) is 8.23. The van der Waals surface area contributed by atoms with Crippen molar-refractivity contribution in [2.45, 2.75) is 19.4 Å². The van der Waals surface area contributed by atoms with E-state index in [-0.39, 0.29) is 12.3 Å². The number of nitrogens with zero attached hydrogens (tertiary/aromatic N) is 5. The molecule has 0 bridgehead atoms. The average Bonchev–Trinajstić information content (AvgIpc) is 2.93. The normalized spacial score (nSPS) is 10.9. The highest BCUT2D eigenvalue weighted by Gasteiger charge is 2.11. The molecule has 2 rings (SSSR count). The molecule has 0 saturated carbocycles. The summed E-state index contributed by atoms with van der Waals surface area (Å²) in [5.74, 6) is 0.538. The van der Waals surface area contributed by atoms with Crippen LogP contribution < -0.4 is 5.32 Å². The molecule has 22 heavy (non-hydrogen) atoms. The van der Waals surface area contributed by atoms with E-state index in [1.54, 1.807) is 4.68 Å². The highest BCUT2D eigenvalue weighted by atomic mass is 16.1. The molecule has 118 valence electrons. The van der Waals surface area contributed by atoms with Gasteiger partial charge < -0.3 is 10.2 Å². The van der Waals surface area contributed by atoms with Gasteiger partial charge in [-0.2, -0.15) is 0 Å². The maximum atomic E-state index is 11.9. The van der Waals surface area contributed by atoms with E-state index >= 15 is 0 Å². The highest BCUT2D eigenvalue weighted by Crippen LogP contribution is 2.02. The molecule has 0 aliphatic carbocycles. The van der Waals surface area contributed by atoms with Crippen LogP contribution >= 0.6 is 0 Å². The number of carbonyl (C=O) groups is 1. The monoisotopic (exact) mass is 302 g/mol. The Labute approximate surface area is 130 Å². The Kier molecular flexibility index (Phi) is 6.02. The number of tetrazole rings is 1. The first-order valence-corrected chi connectivity index (χ1v) is 7.35. The Morgan fingerprint density at radius 1 is 1.27 bits per heavy atom. The molecule has 0 saturated heterocycles. The molecule has 0 aliphatic heterocycles. The van der Waals surface area contributed by atoms with Crippen molar-refractivity contribution in [3.8, 4) is 0 Å². The molecule has 1 N–H and O–H groups in total. The van der Waals surface area contributed by atoms with Gasteiger partial charge in [-0.25, -0.2) is 4.68 Å². The van der Waals surface area contributed by atoms with Crippen molar-refractivity contribution in [1.82, 2.24) is 30.4 Å². The Morgan fingerprint density at radius 2 is 2.05 bits per heavy atom. The number of carbonyl (C=O) groups excluding carboxylic acids is 1. The third-order valence-electron chi connectivity index (χ3n) is 3.26. The number of aromatic nitrogens is 4. The summed E-state index contributed by atoms with van der Waals surface area (Å²) >= 11 is 0. The first kappa shape index (κ1) is 16.1. The maximum absolute atomic E-state index is 11.9. The van der Waals surface area contributed by atoms with Crippen LogP contribution in [-0.2, 0) is 24.2 Å². The van der Waals surface area contributed by atoms with Crippen LogP contribution in [0.25, 0.3) is 0 Å². The average molecular weight is 302 g/mol. The lowest BCUT2D eigenvalue weighted by molar-refractivity contribution is -0.120. The van der Waals surface area contributed by atoms with Gasteiger partial charge in [-0.1, -0.05) is 30.3 Å². The fourth-order valence-corrected chi connectivity index (χ4v) is 2.03. The maximum Gasteiger partial charge on any atom is 0.227 e. The molecule has 0 fully saturated rings. The minimum atomic E-state index is -0.0578. The number of nitrogens with one attached hydrogen (secondary N) is 1. The molecule has 1 amide bonds. The zero-order valence-corrected chi connectivity index (χ0v) is 13.1. The van der Waals surface area contributed by atoms with Crippen molar-refractivity contribution in [1.29, 1.82) is 0 Å². The van der Waals surface area contributed by atoms with Crippen LogP contribution in [0.2, 0.25) is 0 Å². The summed E-state index contributed by atoms with van der Waals surface area (Å²) in [5, 5.41) is 14.4. The Morgan fingerprint density at radius 3 is 2.77 bits per heavy atom. The third kappa shape index (κ3) is 5.25. The van der Waals surface area contributed by atoms with Crippen LogP contribution in [0.4, 0.5) is 0 Å². The third-order valence-corrected chi connectivity index (χ3v) is 3.26. The van der Waals surface area contributed by atoms with Gasteiger partial charge in [0.15, 0.2) is 5.82 Å². The van der Waals surface area contributed by atoms with Crippen molar-refractivity contribution in [3.63, 3.8) is 0 Å². The van der Waals surface area contributed by atoms with Gasteiger partial charge in [-0.15, -0.1) is 5.10 Å². The van der Waals surface area contributed by atoms with Crippen molar-refractivity contribution in [2.24, 2.45) is 0 Å². The lowest BCUT2D eigenvalue weighted by Gasteiger charge is -2.10. The van der Waals surface area contributed by atoms with Gasteiger partial charge in [-0.05, 0) is 36.5 Å². The number of hydrogen-bond acceptors (Lipinski definition) is 5. The topological polar surface area (TPSA) is 75.9 Å². The lowest BCUT2D eigenvalue weighted by Crippen LogP contribution is -2.33. The molecule has 0 aliphatic rings. The quantitative estimate of drug-likeness (QED) is 0.750. The van der Waals surface area contributed by atoms with Gasteiger partial charge in [0.05, 0.1) is 6.42 Å². The van der Waals surface area contributed by atoms with Gasteiger partial charge >= 0.3 is 0 Å². The molecule has 1 heterocycles. The molecule has 0 spiro atoms. The van der Waals surface area contributed by atoms with E-state index in [2.05, 4.69) is 33.0 Å². The second-order valence-electron chi connectivity index (χ2n) is 5.38. The van der Waals surface area contributed by atoms with Gasteiger partial charge in [-0.3, -0.25) is 4.79 Å². The number of hydrogen-bond donors (Lipinski definition) is 1. The summed E-state index contributed by atoms with van der Waals surface area (Å²) in [5.41, 5.74) is 1.22. The summed E-state index contributed by atoms with van der Waals surface area (Å²) in [6, 6.07) is 10.1. The van der Waals surface area contributed by atoms with Crippen molar-refractivity contribution in [2.75, 3.05) is 27.2 Å². The molecule has 1 aromatic carbocycles. The molecule has 0 radical (unpaired) electrons. The number of amides is 1. The van der Waals surface area contributed by atoms with Gasteiger partial charge in [0.2, 0.25) is 5.91 Å². The molecular formula is C15H22N6O. The first-order valence-electron chi connectivity index (χ1n) is 7.35. The highest BCUT2D eigenvalue weighted by molar-refractivity contribution is 5.77. The predicted octanol–water partition coefficient (Wildman–Crippen LogP) is 0.136. The largest absolute Gasteiger partial charge is 0.354 e. The van der Waals surface area contributed by atoms with E-state index in [1.165, 1.54) is 5.56 Å². The number of aryl methyl sites for hydroxylation is 2. The van der Waals surface area contributed by atoms with E-state index < -0.39 is 0 Å². The van der Waals surface area contributed by atoms with Crippen LogP contribution in [0.5, 0.6) is 0 Å². The van der Waals surface area contributed by atoms with Crippen LogP contribution in [0, 0.1) is 0 Å². The SMILES string of the molecule is CN(C)CCNC(=O)Cc1nnnn1CCc1ccccc1. The number of rotatable bonds is 8. The van der Waals surface area contributed by atoms with Crippen LogP contribution in [0.1, 0.15) is 11.4 Å². The Bertz CT molecular complexity index is 581. The van der Waals surface area contributed by atoms with Gasteiger partial charge in [0.1, 0.15) is 0 Å². The van der Waals surface area contributed by atoms with E-state index in [4.69, 9.17) is 0 Å². The summed E-state index contributed by atoms with van der Waals surface area (Å²) in [7, 11) is 3.94. The van der Waals surface area contributed by atoms with Crippen molar-refractivity contribution < 1.29 is 4.79 Å². The number of likely N-dealkylation sites (N-methyl/N-ethyl adjacent to an activating group) is 1. The predicted molar refractivity (Wildman–Crippen MR) is 83.2 cm³/mol. The molecule has 0 atom stereocenters. The smallest absolute Gasteiger partial charge is 0.227 e. The Hall–Kier alpha value is -2.28. The van der Waals surface area contributed by atoms with E-state index in [0.29, 0.717) is 18.9 Å². The molecule has 0 unspecified atom stereocenters. The van der Waals surface area contributed by atoms with Crippen molar-refractivity contribution >= 4 is 5.91 Å².